The van der Waals surface area contributed by atoms with Gasteiger partial charge in [0, 0.05) is 11.3 Å². The fourth-order valence-corrected chi connectivity index (χ4v) is 3.66. The molecule has 0 radical (unpaired) electrons. The number of aliphatic hydroxyl groups is 1. The smallest absolute Gasteiger partial charge is 0.0824 e. The summed E-state index contributed by atoms with van der Waals surface area (Å²) in [4.78, 5) is 2.53. The van der Waals surface area contributed by atoms with Gasteiger partial charge in [0.2, 0.25) is 0 Å². The van der Waals surface area contributed by atoms with Crippen LogP contribution in [0.25, 0.3) is 5.69 Å². The molecule has 1 aromatic heterocycles. The van der Waals surface area contributed by atoms with Gasteiger partial charge in [0.15, 0.2) is 0 Å². The van der Waals surface area contributed by atoms with Crippen LogP contribution < -0.4 is 0 Å². The van der Waals surface area contributed by atoms with Crippen LogP contribution in [0.3, 0.4) is 0 Å². The minimum atomic E-state index is -0.415. The molecule has 3 rings (SSSR count). The first kappa shape index (κ1) is 17.2. The molecule has 1 unspecified atom stereocenters. The van der Waals surface area contributed by atoms with E-state index in [-0.39, 0.29) is 0 Å². The lowest BCUT2D eigenvalue weighted by Gasteiger charge is -2.26. The summed E-state index contributed by atoms with van der Waals surface area (Å²) < 4.78 is 1.96. The molecule has 2 aromatic rings. The van der Waals surface area contributed by atoms with Crippen LogP contribution in [0.4, 0.5) is 0 Å². The molecule has 4 nitrogen and oxygen atoms in total. The number of aliphatic hydroxyl groups excluding tert-OH is 1. The number of likely N-dealkylation sites (tertiary alicyclic amines) is 1. The molecule has 1 aliphatic rings. The van der Waals surface area contributed by atoms with Crippen LogP contribution in [0, 0.1) is 0 Å². The number of nitrogens with zero attached hydrogens (tertiary/aromatic N) is 3. The molecule has 1 aromatic carbocycles. The SMILES string of the molecule is CCc1c(C(O)CCCN2CCCCC2)cnn1-c1ccccc1. The first-order valence-corrected chi connectivity index (χ1v) is 9.32. The maximum Gasteiger partial charge on any atom is 0.0824 e. The normalized spacial score (nSPS) is 17.1. The molecule has 4 heteroatoms. The van der Waals surface area contributed by atoms with E-state index in [1.165, 1.54) is 32.4 Å². The molecule has 0 aliphatic carbocycles. The Bertz CT molecular complexity index is 617. The molecular weight excluding hydrogens is 298 g/mol. The van der Waals surface area contributed by atoms with Crippen molar-refractivity contribution in [1.82, 2.24) is 14.7 Å². The van der Waals surface area contributed by atoms with Gasteiger partial charge in [0.25, 0.3) is 0 Å². The Morgan fingerprint density at radius 2 is 1.88 bits per heavy atom. The van der Waals surface area contributed by atoms with Gasteiger partial charge in [-0.2, -0.15) is 5.10 Å². The summed E-state index contributed by atoms with van der Waals surface area (Å²) in [5.74, 6) is 0. The first-order valence-electron chi connectivity index (χ1n) is 9.32. The molecule has 1 N–H and O–H groups in total. The molecule has 1 saturated heterocycles. The van der Waals surface area contributed by atoms with Gasteiger partial charge in [-0.3, -0.25) is 0 Å². The van der Waals surface area contributed by atoms with Crippen LogP contribution in [0.2, 0.25) is 0 Å². The quantitative estimate of drug-likeness (QED) is 0.842. The Morgan fingerprint density at radius 3 is 2.58 bits per heavy atom. The van der Waals surface area contributed by atoms with Gasteiger partial charge in [-0.25, -0.2) is 4.68 Å². The van der Waals surface area contributed by atoms with Gasteiger partial charge in [-0.15, -0.1) is 0 Å². The summed E-state index contributed by atoms with van der Waals surface area (Å²) in [6.07, 6.45) is 8.17. The van der Waals surface area contributed by atoms with Crippen LogP contribution in [-0.4, -0.2) is 39.4 Å². The fourth-order valence-electron chi connectivity index (χ4n) is 3.66. The van der Waals surface area contributed by atoms with Crippen molar-refractivity contribution in [1.29, 1.82) is 0 Å². The van der Waals surface area contributed by atoms with Crippen molar-refractivity contribution in [3.8, 4) is 5.69 Å². The second kappa shape index (κ2) is 8.45. The van der Waals surface area contributed by atoms with Crippen molar-refractivity contribution in [2.75, 3.05) is 19.6 Å². The van der Waals surface area contributed by atoms with Crippen LogP contribution >= 0.6 is 0 Å². The van der Waals surface area contributed by atoms with Gasteiger partial charge in [0.05, 0.1) is 18.0 Å². The lowest BCUT2D eigenvalue weighted by Crippen LogP contribution is -2.30. The highest BCUT2D eigenvalue weighted by Crippen LogP contribution is 2.25. The number of para-hydroxylation sites is 1. The maximum atomic E-state index is 10.7. The second-order valence-electron chi connectivity index (χ2n) is 6.71. The first-order chi connectivity index (χ1) is 11.8. The fraction of sp³-hybridized carbons (Fsp3) is 0.550. The van der Waals surface area contributed by atoms with Crippen molar-refractivity contribution < 1.29 is 5.11 Å². The summed E-state index contributed by atoms with van der Waals surface area (Å²) >= 11 is 0. The standard InChI is InChI=1S/C20H29N3O/c1-2-19-18(16-21-23(19)17-10-5-3-6-11-17)20(24)12-9-15-22-13-7-4-8-14-22/h3,5-6,10-11,16,20,24H,2,4,7-9,12-15H2,1H3. The van der Waals surface area contributed by atoms with E-state index < -0.39 is 6.10 Å². The minimum absolute atomic E-state index is 0.415. The van der Waals surface area contributed by atoms with Crippen LogP contribution in [-0.2, 0) is 6.42 Å². The van der Waals surface area contributed by atoms with Crippen molar-refractivity contribution >= 4 is 0 Å². The zero-order chi connectivity index (χ0) is 16.8. The Hall–Kier alpha value is -1.65. The van der Waals surface area contributed by atoms with E-state index in [0.717, 1.165) is 42.8 Å². The predicted octanol–water partition coefficient (Wildman–Crippen LogP) is 3.73. The molecule has 2 heterocycles. The largest absolute Gasteiger partial charge is 0.388 e. The topological polar surface area (TPSA) is 41.3 Å². The monoisotopic (exact) mass is 327 g/mol. The molecule has 0 bridgehead atoms. The zero-order valence-electron chi connectivity index (χ0n) is 14.7. The third-order valence-electron chi connectivity index (χ3n) is 5.00. The average molecular weight is 327 g/mol. The molecule has 0 spiro atoms. The number of piperidine rings is 1. The van der Waals surface area contributed by atoms with E-state index in [2.05, 4.69) is 29.1 Å². The van der Waals surface area contributed by atoms with E-state index in [0.29, 0.717) is 0 Å². The second-order valence-corrected chi connectivity index (χ2v) is 6.71. The molecule has 0 amide bonds. The Morgan fingerprint density at radius 1 is 1.12 bits per heavy atom. The summed E-state index contributed by atoms with van der Waals surface area (Å²) in [7, 11) is 0. The van der Waals surface area contributed by atoms with Gasteiger partial charge >= 0.3 is 0 Å². The molecular formula is C20H29N3O. The molecule has 1 aliphatic heterocycles. The highest BCUT2D eigenvalue weighted by atomic mass is 16.3. The summed E-state index contributed by atoms with van der Waals surface area (Å²) in [6.45, 7) is 5.68. The summed E-state index contributed by atoms with van der Waals surface area (Å²) in [5, 5.41) is 15.2. The molecule has 1 atom stereocenters. The van der Waals surface area contributed by atoms with E-state index in [9.17, 15) is 5.11 Å². The van der Waals surface area contributed by atoms with Crippen molar-refractivity contribution in [2.45, 2.75) is 51.6 Å². The van der Waals surface area contributed by atoms with E-state index in [1.807, 2.05) is 29.1 Å². The predicted molar refractivity (Wildman–Crippen MR) is 97.4 cm³/mol. The zero-order valence-corrected chi connectivity index (χ0v) is 14.7. The van der Waals surface area contributed by atoms with Gasteiger partial charge < -0.3 is 10.0 Å². The molecule has 24 heavy (non-hydrogen) atoms. The number of benzene rings is 1. The lowest BCUT2D eigenvalue weighted by atomic mass is 10.0. The molecule has 1 fully saturated rings. The molecule has 130 valence electrons. The van der Waals surface area contributed by atoms with Crippen molar-refractivity contribution in [3.05, 3.63) is 47.8 Å². The number of aromatic nitrogens is 2. The molecule has 0 saturated carbocycles. The number of hydrogen-bond donors (Lipinski definition) is 1. The van der Waals surface area contributed by atoms with Crippen molar-refractivity contribution in [3.63, 3.8) is 0 Å². The minimum Gasteiger partial charge on any atom is -0.388 e. The van der Waals surface area contributed by atoms with E-state index >= 15 is 0 Å². The highest BCUT2D eigenvalue weighted by molar-refractivity contribution is 5.35. The summed E-state index contributed by atoms with van der Waals surface area (Å²) in [5.41, 5.74) is 3.16. The van der Waals surface area contributed by atoms with E-state index in [4.69, 9.17) is 0 Å². The summed E-state index contributed by atoms with van der Waals surface area (Å²) in [6, 6.07) is 10.2. The Balaban J connectivity index is 1.62. The maximum absolute atomic E-state index is 10.7. The third kappa shape index (κ3) is 4.05. The van der Waals surface area contributed by atoms with Gasteiger partial charge in [-0.05, 0) is 63.9 Å². The Labute approximate surface area is 145 Å². The Kier molecular flexibility index (Phi) is 6.05. The van der Waals surface area contributed by atoms with Gasteiger partial charge in [-0.1, -0.05) is 31.5 Å². The van der Waals surface area contributed by atoms with Crippen LogP contribution in [0.15, 0.2) is 36.5 Å². The number of rotatable bonds is 7. The highest BCUT2D eigenvalue weighted by Gasteiger charge is 2.18. The lowest BCUT2D eigenvalue weighted by molar-refractivity contribution is 0.150. The van der Waals surface area contributed by atoms with Crippen LogP contribution in [0.5, 0.6) is 0 Å². The van der Waals surface area contributed by atoms with Crippen molar-refractivity contribution in [2.24, 2.45) is 0 Å². The third-order valence-corrected chi connectivity index (χ3v) is 5.00. The van der Waals surface area contributed by atoms with Gasteiger partial charge in [0.1, 0.15) is 0 Å². The van der Waals surface area contributed by atoms with E-state index in [1.54, 1.807) is 0 Å². The number of hydrogen-bond acceptors (Lipinski definition) is 3. The van der Waals surface area contributed by atoms with Crippen LogP contribution in [0.1, 0.15) is 56.4 Å². The average Bonchev–Trinajstić information content (AvgIpc) is 3.07.